The molecule has 2 aromatic rings. The summed E-state index contributed by atoms with van der Waals surface area (Å²) in [6.07, 6.45) is 0. The average molecular weight is 254 g/mol. The van der Waals surface area contributed by atoms with Gasteiger partial charge < -0.3 is 10.5 Å². The lowest BCUT2D eigenvalue weighted by molar-refractivity contribution is 0.415. The topological polar surface area (TPSA) is 35.2 Å². The molecule has 16 heavy (non-hydrogen) atoms. The highest BCUT2D eigenvalue weighted by molar-refractivity contribution is 7.10. The summed E-state index contributed by atoms with van der Waals surface area (Å²) in [5.74, 6) is 0.694. The first kappa shape index (κ1) is 11.5. The van der Waals surface area contributed by atoms with Crippen LogP contribution in [0.4, 0.5) is 0 Å². The third-order valence-corrected chi connectivity index (χ3v) is 3.61. The molecule has 0 saturated carbocycles. The van der Waals surface area contributed by atoms with Crippen molar-refractivity contribution in [2.75, 3.05) is 7.11 Å². The second kappa shape index (κ2) is 4.87. The van der Waals surface area contributed by atoms with E-state index in [1.807, 2.05) is 18.2 Å². The molecule has 0 spiro atoms. The van der Waals surface area contributed by atoms with Crippen LogP contribution in [-0.2, 0) is 6.54 Å². The van der Waals surface area contributed by atoms with E-state index in [4.69, 9.17) is 22.1 Å². The molecule has 0 radical (unpaired) electrons. The van der Waals surface area contributed by atoms with Gasteiger partial charge in [0.25, 0.3) is 0 Å². The Hall–Kier alpha value is -1.03. The fraction of sp³-hybridized carbons (Fsp3) is 0.167. The molecule has 0 unspecified atom stereocenters. The fourth-order valence-electron chi connectivity index (χ4n) is 1.48. The Morgan fingerprint density at radius 3 is 2.75 bits per heavy atom. The third-order valence-electron chi connectivity index (χ3n) is 2.34. The summed E-state index contributed by atoms with van der Waals surface area (Å²) < 4.78 is 5.19. The zero-order valence-electron chi connectivity index (χ0n) is 8.87. The molecule has 0 aliphatic heterocycles. The minimum absolute atomic E-state index is 0.579. The predicted octanol–water partition coefficient (Wildman–Crippen LogP) is 3.54. The fourth-order valence-corrected chi connectivity index (χ4v) is 2.45. The number of nitrogens with two attached hydrogens (primary N) is 1. The molecule has 0 aliphatic carbocycles. The number of thiophene rings is 1. The number of ether oxygens (including phenoxy) is 1. The van der Waals surface area contributed by atoms with Gasteiger partial charge in [0.15, 0.2) is 0 Å². The van der Waals surface area contributed by atoms with Crippen LogP contribution in [0.5, 0.6) is 5.75 Å². The molecular weight excluding hydrogens is 242 g/mol. The van der Waals surface area contributed by atoms with E-state index in [-0.39, 0.29) is 0 Å². The molecule has 1 aromatic heterocycles. The summed E-state index contributed by atoms with van der Waals surface area (Å²) >= 11 is 7.64. The highest BCUT2D eigenvalue weighted by atomic mass is 35.5. The molecule has 1 heterocycles. The van der Waals surface area contributed by atoms with Crippen LogP contribution in [-0.4, -0.2) is 7.11 Å². The Labute approximate surface area is 104 Å². The first-order valence-corrected chi connectivity index (χ1v) is 6.11. The molecule has 0 aliphatic rings. The minimum Gasteiger partial charge on any atom is -0.495 e. The van der Waals surface area contributed by atoms with Crippen molar-refractivity contribution in [2.24, 2.45) is 5.73 Å². The van der Waals surface area contributed by atoms with Crippen LogP contribution in [0.15, 0.2) is 29.6 Å². The van der Waals surface area contributed by atoms with Crippen LogP contribution < -0.4 is 10.5 Å². The summed E-state index contributed by atoms with van der Waals surface area (Å²) in [5, 5.41) is 2.71. The van der Waals surface area contributed by atoms with Gasteiger partial charge in [0.1, 0.15) is 5.75 Å². The van der Waals surface area contributed by atoms with E-state index in [1.165, 1.54) is 4.88 Å². The number of benzene rings is 1. The number of hydrogen-bond donors (Lipinski definition) is 1. The van der Waals surface area contributed by atoms with Crippen LogP contribution >= 0.6 is 22.9 Å². The van der Waals surface area contributed by atoms with E-state index in [1.54, 1.807) is 18.4 Å². The quantitative estimate of drug-likeness (QED) is 0.908. The molecule has 0 fully saturated rings. The van der Waals surface area contributed by atoms with Crippen molar-refractivity contribution in [2.45, 2.75) is 6.54 Å². The summed E-state index contributed by atoms with van der Waals surface area (Å²) in [5.41, 5.74) is 7.83. The first-order chi connectivity index (χ1) is 7.74. The smallest absolute Gasteiger partial charge is 0.138 e. The summed E-state index contributed by atoms with van der Waals surface area (Å²) in [4.78, 5) is 1.17. The first-order valence-electron chi connectivity index (χ1n) is 4.86. The second-order valence-corrected chi connectivity index (χ2v) is 4.76. The van der Waals surface area contributed by atoms with Crippen molar-refractivity contribution in [1.82, 2.24) is 0 Å². The maximum atomic E-state index is 5.97. The molecule has 0 amide bonds. The van der Waals surface area contributed by atoms with Gasteiger partial charge in [-0.15, -0.1) is 11.3 Å². The number of rotatable bonds is 3. The van der Waals surface area contributed by atoms with E-state index in [2.05, 4.69) is 11.4 Å². The van der Waals surface area contributed by atoms with Gasteiger partial charge in [-0.2, -0.15) is 0 Å². The Bertz CT molecular complexity index is 496. The van der Waals surface area contributed by atoms with Crippen molar-refractivity contribution in [3.8, 4) is 16.9 Å². The van der Waals surface area contributed by atoms with Crippen molar-refractivity contribution < 1.29 is 4.74 Å². The van der Waals surface area contributed by atoms with Gasteiger partial charge in [-0.3, -0.25) is 0 Å². The molecule has 4 heteroatoms. The van der Waals surface area contributed by atoms with Crippen molar-refractivity contribution in [3.63, 3.8) is 0 Å². The Kier molecular flexibility index (Phi) is 3.49. The lowest BCUT2D eigenvalue weighted by atomic mass is 10.1. The van der Waals surface area contributed by atoms with Gasteiger partial charge >= 0.3 is 0 Å². The van der Waals surface area contributed by atoms with Gasteiger partial charge in [0.05, 0.1) is 12.1 Å². The van der Waals surface area contributed by atoms with E-state index < -0.39 is 0 Å². The van der Waals surface area contributed by atoms with Crippen LogP contribution in [0, 0.1) is 0 Å². The largest absolute Gasteiger partial charge is 0.495 e. The standard InChI is InChI=1S/C12H12ClNOS/c1-15-12-5-8(2-3-11(12)13)9-4-10(6-14)16-7-9/h2-5,7H,6,14H2,1H3. The number of hydrogen-bond acceptors (Lipinski definition) is 3. The number of methoxy groups -OCH3 is 1. The van der Waals surface area contributed by atoms with Gasteiger partial charge in [-0.25, -0.2) is 0 Å². The highest BCUT2D eigenvalue weighted by Crippen LogP contribution is 2.32. The third kappa shape index (κ3) is 2.21. The van der Waals surface area contributed by atoms with Gasteiger partial charge in [-0.05, 0) is 34.7 Å². The highest BCUT2D eigenvalue weighted by Gasteiger charge is 2.05. The van der Waals surface area contributed by atoms with Crippen molar-refractivity contribution in [1.29, 1.82) is 0 Å². The maximum Gasteiger partial charge on any atom is 0.138 e. The van der Waals surface area contributed by atoms with E-state index in [9.17, 15) is 0 Å². The zero-order chi connectivity index (χ0) is 11.5. The van der Waals surface area contributed by atoms with Crippen LogP contribution in [0.3, 0.4) is 0 Å². The van der Waals surface area contributed by atoms with Crippen molar-refractivity contribution in [3.05, 3.63) is 39.5 Å². The average Bonchev–Trinajstić information content (AvgIpc) is 2.78. The molecule has 0 bridgehead atoms. The van der Waals surface area contributed by atoms with Crippen molar-refractivity contribution >= 4 is 22.9 Å². The van der Waals surface area contributed by atoms with Gasteiger partial charge in [0.2, 0.25) is 0 Å². The summed E-state index contributed by atoms with van der Waals surface area (Å²) in [6.45, 7) is 0.579. The van der Waals surface area contributed by atoms with Crippen LogP contribution in [0.25, 0.3) is 11.1 Å². The maximum absolute atomic E-state index is 5.97. The van der Waals surface area contributed by atoms with E-state index in [0.29, 0.717) is 17.3 Å². The number of halogens is 1. The SMILES string of the molecule is COc1cc(-c2csc(CN)c2)ccc1Cl. The van der Waals surface area contributed by atoms with E-state index >= 15 is 0 Å². The minimum atomic E-state index is 0.579. The molecule has 2 rings (SSSR count). The van der Waals surface area contributed by atoms with E-state index in [0.717, 1.165) is 11.1 Å². The Balaban J connectivity index is 2.40. The second-order valence-electron chi connectivity index (χ2n) is 3.36. The molecule has 2 N–H and O–H groups in total. The monoisotopic (exact) mass is 253 g/mol. The lowest BCUT2D eigenvalue weighted by Crippen LogP contribution is -1.91. The van der Waals surface area contributed by atoms with Gasteiger partial charge in [-0.1, -0.05) is 17.7 Å². The Morgan fingerprint density at radius 1 is 1.31 bits per heavy atom. The van der Waals surface area contributed by atoms with Crippen LogP contribution in [0.1, 0.15) is 4.88 Å². The molecule has 0 saturated heterocycles. The molecule has 2 nitrogen and oxygen atoms in total. The zero-order valence-corrected chi connectivity index (χ0v) is 10.4. The predicted molar refractivity (Wildman–Crippen MR) is 69.2 cm³/mol. The summed E-state index contributed by atoms with van der Waals surface area (Å²) in [6, 6.07) is 7.85. The Morgan fingerprint density at radius 2 is 2.12 bits per heavy atom. The molecular formula is C12H12ClNOS. The normalized spacial score (nSPS) is 10.4. The molecule has 0 atom stereocenters. The molecule has 1 aromatic carbocycles. The van der Waals surface area contributed by atoms with Crippen LogP contribution in [0.2, 0.25) is 5.02 Å². The molecule has 84 valence electrons. The summed E-state index contributed by atoms with van der Waals surface area (Å²) in [7, 11) is 1.62. The lowest BCUT2D eigenvalue weighted by Gasteiger charge is -2.04. The van der Waals surface area contributed by atoms with Gasteiger partial charge in [0, 0.05) is 11.4 Å².